The molecule has 1 atom stereocenters. The van der Waals surface area contributed by atoms with Crippen molar-refractivity contribution >= 4 is 17.3 Å². The first kappa shape index (κ1) is 13.6. The number of hydrogen-bond donors (Lipinski definition) is 1. The molecule has 0 unspecified atom stereocenters. The molecule has 1 aliphatic heterocycles. The van der Waals surface area contributed by atoms with Crippen LogP contribution in [0.5, 0.6) is 0 Å². The quantitative estimate of drug-likeness (QED) is 0.938. The van der Waals surface area contributed by atoms with Gasteiger partial charge in [-0.05, 0) is 44.0 Å². The second-order valence-electron chi connectivity index (χ2n) is 5.31. The number of nitrogens with one attached hydrogen (secondary N) is 1. The number of fused-ring (bicyclic) bond motifs is 1. The fourth-order valence-electron chi connectivity index (χ4n) is 2.62. The van der Waals surface area contributed by atoms with Crippen LogP contribution in [0.3, 0.4) is 0 Å². The van der Waals surface area contributed by atoms with Gasteiger partial charge in [-0.25, -0.2) is 0 Å². The Hall–Kier alpha value is -2.37. The van der Waals surface area contributed by atoms with Gasteiger partial charge in [0.05, 0.1) is 0 Å². The molecule has 1 aliphatic rings. The standard InChI is InChI=1S/C15H18N4O2/c1-9(15-17-10(2)18-21-15)16-13-4-5-14-12(8-13)6-7-19(14)11(3)20/h4-5,8-9,16H,6-7H2,1-3H3/t9-/m1/s1. The highest BCUT2D eigenvalue weighted by molar-refractivity contribution is 5.94. The number of aromatic nitrogens is 2. The van der Waals surface area contributed by atoms with Gasteiger partial charge >= 0.3 is 0 Å². The van der Waals surface area contributed by atoms with Crippen molar-refractivity contribution < 1.29 is 9.32 Å². The Morgan fingerprint density at radius 3 is 2.95 bits per heavy atom. The Kier molecular flexibility index (Phi) is 3.37. The van der Waals surface area contributed by atoms with Crippen LogP contribution in [0.15, 0.2) is 22.7 Å². The molecule has 0 aliphatic carbocycles. The third-order valence-corrected chi connectivity index (χ3v) is 3.65. The highest BCUT2D eigenvalue weighted by Gasteiger charge is 2.22. The molecule has 2 aromatic rings. The summed E-state index contributed by atoms with van der Waals surface area (Å²) in [6.07, 6.45) is 0.887. The Balaban J connectivity index is 1.77. The Labute approximate surface area is 123 Å². The molecule has 110 valence electrons. The molecule has 1 N–H and O–H groups in total. The smallest absolute Gasteiger partial charge is 0.248 e. The van der Waals surface area contributed by atoms with Crippen LogP contribution < -0.4 is 10.2 Å². The number of carbonyl (C=O) groups excluding carboxylic acids is 1. The highest BCUT2D eigenvalue weighted by atomic mass is 16.5. The maximum atomic E-state index is 11.5. The van der Waals surface area contributed by atoms with Gasteiger partial charge in [0, 0.05) is 24.8 Å². The van der Waals surface area contributed by atoms with Crippen molar-refractivity contribution in [3.63, 3.8) is 0 Å². The summed E-state index contributed by atoms with van der Waals surface area (Å²) in [5.41, 5.74) is 3.18. The number of carbonyl (C=O) groups is 1. The van der Waals surface area contributed by atoms with Crippen LogP contribution in [-0.2, 0) is 11.2 Å². The molecule has 0 bridgehead atoms. The Morgan fingerprint density at radius 1 is 1.48 bits per heavy atom. The number of amides is 1. The first-order valence-electron chi connectivity index (χ1n) is 7.02. The van der Waals surface area contributed by atoms with Gasteiger partial charge in [-0.2, -0.15) is 4.98 Å². The van der Waals surface area contributed by atoms with Gasteiger partial charge in [-0.1, -0.05) is 5.16 Å². The lowest BCUT2D eigenvalue weighted by molar-refractivity contribution is -0.116. The van der Waals surface area contributed by atoms with E-state index >= 15 is 0 Å². The fourth-order valence-corrected chi connectivity index (χ4v) is 2.62. The molecule has 0 fully saturated rings. The minimum Gasteiger partial charge on any atom is -0.374 e. The summed E-state index contributed by atoms with van der Waals surface area (Å²) in [5, 5.41) is 7.14. The Bertz CT molecular complexity index is 680. The second-order valence-corrected chi connectivity index (χ2v) is 5.31. The average Bonchev–Trinajstić information content (AvgIpc) is 3.04. The van der Waals surface area contributed by atoms with E-state index in [2.05, 4.69) is 21.5 Å². The first-order chi connectivity index (χ1) is 10.0. The van der Waals surface area contributed by atoms with E-state index in [0.717, 1.165) is 24.3 Å². The SMILES string of the molecule is CC(=O)N1CCc2cc(N[C@H](C)c3nc(C)no3)ccc21. The molecule has 1 aromatic heterocycles. The van der Waals surface area contributed by atoms with E-state index in [0.29, 0.717) is 11.7 Å². The summed E-state index contributed by atoms with van der Waals surface area (Å²) in [5.74, 6) is 1.28. The summed E-state index contributed by atoms with van der Waals surface area (Å²) in [4.78, 5) is 17.6. The van der Waals surface area contributed by atoms with Crippen molar-refractivity contribution in [1.82, 2.24) is 10.1 Å². The van der Waals surface area contributed by atoms with E-state index < -0.39 is 0 Å². The van der Waals surface area contributed by atoms with Gasteiger partial charge in [0.2, 0.25) is 11.8 Å². The Morgan fingerprint density at radius 2 is 2.29 bits per heavy atom. The van der Waals surface area contributed by atoms with Crippen molar-refractivity contribution in [3.05, 3.63) is 35.5 Å². The first-order valence-corrected chi connectivity index (χ1v) is 7.02. The summed E-state index contributed by atoms with van der Waals surface area (Å²) < 4.78 is 5.16. The van der Waals surface area contributed by atoms with Gasteiger partial charge in [0.15, 0.2) is 5.82 Å². The molecule has 1 aromatic carbocycles. The predicted molar refractivity (Wildman–Crippen MR) is 79.2 cm³/mol. The molecule has 0 saturated heterocycles. The number of anilines is 2. The topological polar surface area (TPSA) is 71.3 Å². The molecule has 6 heteroatoms. The van der Waals surface area contributed by atoms with Crippen LogP contribution in [0.4, 0.5) is 11.4 Å². The fraction of sp³-hybridized carbons (Fsp3) is 0.400. The third-order valence-electron chi connectivity index (χ3n) is 3.65. The summed E-state index contributed by atoms with van der Waals surface area (Å²) in [6.45, 7) is 6.13. The van der Waals surface area contributed by atoms with E-state index in [1.54, 1.807) is 13.8 Å². The lowest BCUT2D eigenvalue weighted by atomic mass is 10.1. The van der Waals surface area contributed by atoms with Gasteiger partial charge in [0.1, 0.15) is 6.04 Å². The van der Waals surface area contributed by atoms with Crippen molar-refractivity contribution in [2.24, 2.45) is 0 Å². The van der Waals surface area contributed by atoms with Gasteiger partial charge < -0.3 is 14.7 Å². The summed E-state index contributed by atoms with van der Waals surface area (Å²) in [6, 6.07) is 5.98. The maximum Gasteiger partial charge on any atom is 0.248 e. The summed E-state index contributed by atoms with van der Waals surface area (Å²) >= 11 is 0. The van der Waals surface area contributed by atoms with Crippen LogP contribution in [0.2, 0.25) is 0 Å². The van der Waals surface area contributed by atoms with E-state index in [9.17, 15) is 4.79 Å². The van der Waals surface area contributed by atoms with Crippen LogP contribution in [0, 0.1) is 6.92 Å². The molecule has 0 saturated carbocycles. The van der Waals surface area contributed by atoms with Crippen molar-refractivity contribution in [3.8, 4) is 0 Å². The number of aryl methyl sites for hydroxylation is 1. The molecular formula is C15H18N4O2. The average molecular weight is 286 g/mol. The maximum absolute atomic E-state index is 11.5. The molecular weight excluding hydrogens is 268 g/mol. The van der Waals surface area contributed by atoms with Gasteiger partial charge in [-0.3, -0.25) is 4.79 Å². The van der Waals surface area contributed by atoms with Gasteiger partial charge in [0.25, 0.3) is 0 Å². The number of hydrogen-bond acceptors (Lipinski definition) is 5. The largest absolute Gasteiger partial charge is 0.374 e. The second kappa shape index (κ2) is 5.20. The minimum atomic E-state index is -0.0606. The van der Waals surface area contributed by atoms with E-state index in [1.165, 1.54) is 5.56 Å². The summed E-state index contributed by atoms with van der Waals surface area (Å²) in [7, 11) is 0. The molecule has 6 nitrogen and oxygen atoms in total. The molecule has 2 heterocycles. The molecule has 1 amide bonds. The zero-order valence-corrected chi connectivity index (χ0v) is 12.4. The predicted octanol–water partition coefficient (Wildman–Crippen LogP) is 2.46. The number of benzene rings is 1. The highest BCUT2D eigenvalue weighted by Crippen LogP contribution is 2.31. The van der Waals surface area contributed by atoms with E-state index in [1.807, 2.05) is 24.0 Å². The normalized spacial score (nSPS) is 14.9. The molecule has 3 rings (SSSR count). The van der Waals surface area contributed by atoms with Crippen LogP contribution in [-0.4, -0.2) is 22.6 Å². The monoisotopic (exact) mass is 286 g/mol. The van der Waals surface area contributed by atoms with Crippen molar-refractivity contribution in [2.45, 2.75) is 33.2 Å². The lowest BCUT2D eigenvalue weighted by Gasteiger charge is -2.16. The van der Waals surface area contributed by atoms with E-state index in [4.69, 9.17) is 4.52 Å². The molecule has 0 spiro atoms. The molecule has 0 radical (unpaired) electrons. The van der Waals surface area contributed by atoms with Gasteiger partial charge in [-0.15, -0.1) is 0 Å². The molecule has 21 heavy (non-hydrogen) atoms. The lowest BCUT2D eigenvalue weighted by Crippen LogP contribution is -2.25. The van der Waals surface area contributed by atoms with Crippen molar-refractivity contribution in [2.75, 3.05) is 16.8 Å². The van der Waals surface area contributed by atoms with Crippen LogP contribution >= 0.6 is 0 Å². The van der Waals surface area contributed by atoms with E-state index in [-0.39, 0.29) is 11.9 Å². The number of nitrogens with zero attached hydrogens (tertiary/aromatic N) is 3. The minimum absolute atomic E-state index is 0.0606. The number of rotatable bonds is 3. The van der Waals surface area contributed by atoms with Crippen LogP contribution in [0.25, 0.3) is 0 Å². The van der Waals surface area contributed by atoms with Crippen molar-refractivity contribution in [1.29, 1.82) is 0 Å². The zero-order chi connectivity index (χ0) is 15.0. The third kappa shape index (κ3) is 2.61. The van der Waals surface area contributed by atoms with Crippen LogP contribution in [0.1, 0.15) is 37.2 Å². The zero-order valence-electron chi connectivity index (χ0n) is 12.4.